The van der Waals surface area contributed by atoms with Gasteiger partial charge in [-0.3, -0.25) is 0 Å². The second-order valence-electron chi connectivity index (χ2n) is 3.99. The zero-order chi connectivity index (χ0) is 15.4. The molecule has 0 aliphatic rings. The molecule has 0 atom stereocenters. The summed E-state index contributed by atoms with van der Waals surface area (Å²) in [5, 5.41) is 2.72. The summed E-state index contributed by atoms with van der Waals surface area (Å²) in [6.45, 7) is 0. The van der Waals surface area contributed by atoms with E-state index in [1.54, 1.807) is 18.2 Å². The fourth-order valence-corrected chi connectivity index (χ4v) is 1.71. The molecule has 0 radical (unpaired) electrons. The summed E-state index contributed by atoms with van der Waals surface area (Å²) in [5.74, 6) is 3.93. The Morgan fingerprint density at radius 2 is 1.67 bits per heavy atom. The molecular weight excluding hydrogens is 282 g/mol. The molecule has 21 heavy (non-hydrogen) atoms. The highest BCUT2D eigenvalue weighted by Gasteiger charge is 2.12. The average molecular weight is 296 g/mol. The molecule has 1 heterocycles. The summed E-state index contributed by atoms with van der Waals surface area (Å²) in [6, 6.07) is 5.57. The van der Waals surface area contributed by atoms with Crippen molar-refractivity contribution in [2.45, 2.75) is 0 Å². The molecule has 0 unspecified atom stereocenters. The zero-order valence-corrected chi connectivity index (χ0v) is 11.4. The van der Waals surface area contributed by atoms with Crippen molar-refractivity contribution in [3.05, 3.63) is 35.9 Å². The molecule has 1 aromatic carbocycles. The number of anilines is 3. The van der Waals surface area contributed by atoms with Gasteiger partial charge in [-0.05, 0) is 12.1 Å². The van der Waals surface area contributed by atoms with Crippen molar-refractivity contribution in [2.24, 2.45) is 5.84 Å². The Morgan fingerprint density at radius 3 is 2.29 bits per heavy atom. The Kier molecular flexibility index (Phi) is 4.39. The van der Waals surface area contributed by atoms with E-state index in [0.29, 0.717) is 23.3 Å². The van der Waals surface area contributed by atoms with Gasteiger partial charge in [-0.2, -0.15) is 0 Å². The van der Waals surface area contributed by atoms with Gasteiger partial charge in [-0.25, -0.2) is 19.6 Å². The van der Waals surface area contributed by atoms with Crippen molar-refractivity contribution in [1.82, 2.24) is 4.98 Å². The van der Waals surface area contributed by atoms with Gasteiger partial charge in [0, 0.05) is 17.8 Å². The van der Waals surface area contributed by atoms with Crippen molar-refractivity contribution >= 4 is 17.3 Å². The molecule has 0 aliphatic heterocycles. The van der Waals surface area contributed by atoms with Crippen LogP contribution < -0.4 is 26.1 Å². The van der Waals surface area contributed by atoms with Crippen molar-refractivity contribution in [1.29, 1.82) is 0 Å². The first-order chi connectivity index (χ1) is 10.1. The van der Waals surface area contributed by atoms with Crippen LogP contribution in [-0.2, 0) is 0 Å². The lowest BCUT2D eigenvalue weighted by molar-refractivity contribution is 0.355. The van der Waals surface area contributed by atoms with Crippen molar-refractivity contribution in [3.63, 3.8) is 0 Å². The van der Waals surface area contributed by atoms with Gasteiger partial charge in [0.15, 0.2) is 34.8 Å². The van der Waals surface area contributed by atoms with Crippen LogP contribution in [0.3, 0.4) is 0 Å². The Balaban J connectivity index is 2.34. The first-order valence-electron chi connectivity index (χ1n) is 5.90. The second kappa shape index (κ2) is 6.23. The number of pyridine rings is 1. The van der Waals surface area contributed by atoms with Gasteiger partial charge in [0.25, 0.3) is 0 Å². The number of ether oxygens (including phenoxy) is 2. The van der Waals surface area contributed by atoms with Gasteiger partial charge >= 0.3 is 0 Å². The van der Waals surface area contributed by atoms with Gasteiger partial charge in [-0.15, -0.1) is 0 Å². The lowest BCUT2D eigenvalue weighted by Gasteiger charge is -2.12. The topological polar surface area (TPSA) is 81.4 Å². The third kappa shape index (κ3) is 3.11. The van der Waals surface area contributed by atoms with E-state index in [1.807, 2.05) is 0 Å². The standard InChI is InChI=1S/C13H14F2N4O2/c1-20-10-4-3-7(5-11(10)21-2)17-12-8(14)6-9(15)13(18-12)19-16/h3-6H,16H2,1-2H3,(H2,17,18,19). The lowest BCUT2D eigenvalue weighted by Crippen LogP contribution is -2.12. The maximum absolute atomic E-state index is 13.7. The molecule has 0 bridgehead atoms. The summed E-state index contributed by atoms with van der Waals surface area (Å²) in [7, 11) is 2.99. The van der Waals surface area contributed by atoms with E-state index in [1.165, 1.54) is 14.2 Å². The molecule has 0 saturated heterocycles. The van der Waals surface area contributed by atoms with Crippen molar-refractivity contribution < 1.29 is 18.3 Å². The number of methoxy groups -OCH3 is 2. The number of nitrogens with zero attached hydrogens (tertiary/aromatic N) is 1. The Morgan fingerprint density at radius 1 is 1.00 bits per heavy atom. The van der Waals surface area contributed by atoms with Crippen LogP contribution in [-0.4, -0.2) is 19.2 Å². The molecule has 2 rings (SSSR count). The highest BCUT2D eigenvalue weighted by atomic mass is 19.1. The van der Waals surface area contributed by atoms with E-state index in [0.717, 1.165) is 0 Å². The molecule has 2 aromatic rings. The minimum Gasteiger partial charge on any atom is -0.493 e. The summed E-state index contributed by atoms with van der Waals surface area (Å²) in [6.07, 6.45) is 0. The number of benzene rings is 1. The van der Waals surface area contributed by atoms with E-state index in [2.05, 4.69) is 15.7 Å². The van der Waals surface area contributed by atoms with Crippen LogP contribution in [0.1, 0.15) is 0 Å². The first-order valence-corrected chi connectivity index (χ1v) is 5.90. The normalized spacial score (nSPS) is 10.1. The van der Waals surface area contributed by atoms with Crippen molar-refractivity contribution in [3.8, 4) is 11.5 Å². The quantitative estimate of drug-likeness (QED) is 0.580. The molecule has 112 valence electrons. The highest BCUT2D eigenvalue weighted by molar-refractivity contribution is 5.63. The summed E-state index contributed by atoms with van der Waals surface area (Å²) < 4.78 is 37.2. The van der Waals surface area contributed by atoms with Crippen LogP contribution >= 0.6 is 0 Å². The second-order valence-corrected chi connectivity index (χ2v) is 3.99. The number of hydrogen-bond donors (Lipinski definition) is 3. The number of hydrogen-bond acceptors (Lipinski definition) is 6. The minimum atomic E-state index is -0.882. The SMILES string of the molecule is COc1ccc(Nc2nc(NN)c(F)cc2F)cc1OC. The largest absolute Gasteiger partial charge is 0.493 e. The smallest absolute Gasteiger partial charge is 0.178 e. The summed E-state index contributed by atoms with van der Waals surface area (Å²) in [5.41, 5.74) is 2.55. The van der Waals surface area contributed by atoms with Crippen LogP contribution in [0.5, 0.6) is 11.5 Å². The fraction of sp³-hybridized carbons (Fsp3) is 0.154. The average Bonchev–Trinajstić information content (AvgIpc) is 2.49. The van der Waals surface area contributed by atoms with Crippen LogP contribution in [0.4, 0.5) is 26.1 Å². The number of nitrogens with two attached hydrogens (primary N) is 1. The van der Waals surface area contributed by atoms with Crippen molar-refractivity contribution in [2.75, 3.05) is 25.0 Å². The predicted octanol–water partition coefficient (Wildman–Crippen LogP) is 2.41. The van der Waals surface area contributed by atoms with E-state index in [-0.39, 0.29) is 11.6 Å². The summed E-state index contributed by atoms with van der Waals surface area (Å²) >= 11 is 0. The third-order valence-electron chi connectivity index (χ3n) is 2.71. The third-order valence-corrected chi connectivity index (χ3v) is 2.71. The molecule has 0 saturated carbocycles. The van der Waals surface area contributed by atoms with Gasteiger partial charge in [0.2, 0.25) is 0 Å². The predicted molar refractivity (Wildman–Crippen MR) is 74.8 cm³/mol. The number of hydrazine groups is 1. The Labute approximate surface area is 119 Å². The van der Waals surface area contributed by atoms with Gasteiger partial charge in [0.1, 0.15) is 0 Å². The molecule has 0 fully saturated rings. The Hall–Kier alpha value is -2.61. The van der Waals surface area contributed by atoms with E-state index in [4.69, 9.17) is 15.3 Å². The molecule has 6 nitrogen and oxygen atoms in total. The molecule has 8 heteroatoms. The van der Waals surface area contributed by atoms with E-state index in [9.17, 15) is 8.78 Å². The minimum absolute atomic E-state index is 0.170. The van der Waals surface area contributed by atoms with Crippen LogP contribution in [0, 0.1) is 11.6 Å². The molecule has 0 spiro atoms. The monoisotopic (exact) mass is 296 g/mol. The van der Waals surface area contributed by atoms with Gasteiger partial charge in [0.05, 0.1) is 14.2 Å². The molecule has 4 N–H and O–H groups in total. The molecule has 0 aliphatic carbocycles. The summed E-state index contributed by atoms with van der Waals surface area (Å²) in [4.78, 5) is 3.71. The first kappa shape index (κ1) is 14.8. The number of aromatic nitrogens is 1. The van der Waals surface area contributed by atoms with E-state index >= 15 is 0 Å². The molecule has 1 aromatic heterocycles. The maximum atomic E-state index is 13.7. The van der Waals surface area contributed by atoms with Gasteiger partial charge < -0.3 is 20.2 Å². The van der Waals surface area contributed by atoms with Crippen LogP contribution in [0.25, 0.3) is 0 Å². The van der Waals surface area contributed by atoms with Crippen LogP contribution in [0.2, 0.25) is 0 Å². The zero-order valence-electron chi connectivity index (χ0n) is 11.4. The number of halogens is 2. The van der Waals surface area contributed by atoms with Crippen LogP contribution in [0.15, 0.2) is 24.3 Å². The Bertz CT molecular complexity index is 652. The maximum Gasteiger partial charge on any atom is 0.178 e. The number of nitrogens with one attached hydrogen (secondary N) is 2. The lowest BCUT2D eigenvalue weighted by atomic mass is 10.2. The molecule has 0 amide bonds. The highest BCUT2D eigenvalue weighted by Crippen LogP contribution is 2.31. The fourth-order valence-electron chi connectivity index (χ4n) is 1.71. The molecular formula is C13H14F2N4O2. The van der Waals surface area contributed by atoms with E-state index < -0.39 is 11.6 Å². The van der Waals surface area contributed by atoms with Gasteiger partial charge in [-0.1, -0.05) is 0 Å². The number of nitrogen functional groups attached to an aromatic ring is 1. The number of rotatable bonds is 5.